The Kier molecular flexibility index (Phi) is 8.43. The van der Waals surface area contributed by atoms with Gasteiger partial charge < -0.3 is 5.32 Å². The lowest BCUT2D eigenvalue weighted by Crippen LogP contribution is -2.14. The van der Waals surface area contributed by atoms with Crippen LogP contribution in [0.1, 0.15) is 19.3 Å². The van der Waals surface area contributed by atoms with Gasteiger partial charge in [0.25, 0.3) is 0 Å². The zero-order chi connectivity index (χ0) is 12.2. The lowest BCUT2D eigenvalue weighted by Gasteiger charge is -1.99. The van der Waals surface area contributed by atoms with Crippen LogP contribution in [-0.2, 0) is 0 Å². The minimum atomic E-state index is 0.916. The predicted molar refractivity (Wildman–Crippen MR) is 78.4 cm³/mol. The number of unbranched alkanes of at least 4 members (excludes halogenated alkanes) is 2. The zero-order valence-corrected chi connectivity index (χ0v) is 11.1. The molecule has 0 unspecified atom stereocenters. The molecule has 0 aliphatic rings. The maximum absolute atomic E-state index is 3.67. The van der Waals surface area contributed by atoms with E-state index in [2.05, 4.69) is 47.6 Å². The topological polar surface area (TPSA) is 12.0 Å². The van der Waals surface area contributed by atoms with Crippen molar-refractivity contribution in [2.24, 2.45) is 0 Å². The molecule has 92 valence electrons. The van der Waals surface area contributed by atoms with Crippen molar-refractivity contribution >= 4 is 11.8 Å². The van der Waals surface area contributed by atoms with Crippen molar-refractivity contribution in [2.75, 3.05) is 13.1 Å². The van der Waals surface area contributed by atoms with E-state index in [9.17, 15) is 0 Å². The van der Waals surface area contributed by atoms with Gasteiger partial charge in [-0.25, -0.2) is 0 Å². The summed E-state index contributed by atoms with van der Waals surface area (Å²) in [5.41, 5.74) is 0. The van der Waals surface area contributed by atoms with Crippen LogP contribution in [0.25, 0.3) is 0 Å². The smallest absolute Gasteiger partial charge is 0.0132 e. The largest absolute Gasteiger partial charge is 0.313 e. The summed E-state index contributed by atoms with van der Waals surface area (Å²) < 4.78 is 0. The summed E-state index contributed by atoms with van der Waals surface area (Å²) in [4.78, 5) is 1.30. The van der Waals surface area contributed by atoms with Crippen LogP contribution in [-0.4, -0.2) is 13.1 Å². The molecule has 0 amide bonds. The average molecular weight is 247 g/mol. The molecule has 1 aromatic carbocycles. The summed E-state index contributed by atoms with van der Waals surface area (Å²) in [6.07, 6.45) is 7.79. The fourth-order valence-electron chi connectivity index (χ4n) is 1.41. The third-order valence-corrected chi connectivity index (χ3v) is 3.18. The third-order valence-electron chi connectivity index (χ3n) is 2.31. The standard InChI is InChI=1S/C15H21NS/c1-2-12-16-13-8-3-4-9-14-17-15-10-6-5-7-11-15/h2,5-7,9-11,14,16H,1,3-4,8,12-13H2. The van der Waals surface area contributed by atoms with Crippen molar-refractivity contribution in [3.63, 3.8) is 0 Å². The molecule has 0 fully saturated rings. The van der Waals surface area contributed by atoms with Crippen LogP contribution in [0.2, 0.25) is 0 Å². The van der Waals surface area contributed by atoms with E-state index in [0.717, 1.165) is 19.5 Å². The highest BCUT2D eigenvalue weighted by Gasteiger charge is 1.87. The Bertz CT molecular complexity index is 319. The summed E-state index contributed by atoms with van der Waals surface area (Å²) in [7, 11) is 0. The average Bonchev–Trinajstić information content (AvgIpc) is 2.38. The van der Waals surface area contributed by atoms with Crippen molar-refractivity contribution in [2.45, 2.75) is 24.2 Å². The first-order chi connectivity index (χ1) is 8.43. The van der Waals surface area contributed by atoms with Crippen molar-refractivity contribution < 1.29 is 0 Å². The monoisotopic (exact) mass is 247 g/mol. The van der Waals surface area contributed by atoms with Gasteiger partial charge in [-0.15, -0.1) is 6.58 Å². The second-order valence-corrected chi connectivity index (χ2v) is 4.77. The minimum Gasteiger partial charge on any atom is -0.313 e. The molecule has 0 aliphatic carbocycles. The molecule has 0 radical (unpaired) electrons. The van der Waals surface area contributed by atoms with Gasteiger partial charge in [0, 0.05) is 11.4 Å². The second-order valence-electron chi connectivity index (χ2n) is 3.79. The Hall–Kier alpha value is -0.990. The Balaban J connectivity index is 1.97. The Morgan fingerprint density at radius 2 is 2.00 bits per heavy atom. The molecule has 0 spiro atoms. The van der Waals surface area contributed by atoms with Gasteiger partial charge in [-0.3, -0.25) is 0 Å². The molecule has 1 rings (SSSR count). The fraction of sp³-hybridized carbons (Fsp3) is 0.333. The highest BCUT2D eigenvalue weighted by Crippen LogP contribution is 2.18. The molecule has 0 atom stereocenters. The van der Waals surface area contributed by atoms with Gasteiger partial charge in [0.1, 0.15) is 0 Å². The van der Waals surface area contributed by atoms with E-state index >= 15 is 0 Å². The van der Waals surface area contributed by atoms with Crippen LogP contribution in [0.3, 0.4) is 0 Å². The summed E-state index contributed by atoms with van der Waals surface area (Å²) in [6.45, 7) is 5.68. The van der Waals surface area contributed by atoms with Gasteiger partial charge in [-0.1, -0.05) is 42.1 Å². The Labute approximate surface area is 109 Å². The summed E-state index contributed by atoms with van der Waals surface area (Å²) in [5.74, 6) is 0. The van der Waals surface area contributed by atoms with Crippen LogP contribution in [0.15, 0.2) is 59.4 Å². The summed E-state index contributed by atoms with van der Waals surface area (Å²) >= 11 is 1.78. The molecular formula is C15H21NS. The molecular weight excluding hydrogens is 226 g/mol. The maximum Gasteiger partial charge on any atom is 0.0132 e. The molecule has 0 saturated heterocycles. The number of benzene rings is 1. The number of nitrogens with one attached hydrogen (secondary N) is 1. The van der Waals surface area contributed by atoms with Gasteiger partial charge in [-0.05, 0) is 43.3 Å². The lowest BCUT2D eigenvalue weighted by atomic mass is 10.2. The number of hydrogen-bond donors (Lipinski definition) is 1. The van der Waals surface area contributed by atoms with Crippen molar-refractivity contribution in [3.8, 4) is 0 Å². The SMILES string of the molecule is C=CCNCCCCC=CSc1ccccc1. The lowest BCUT2D eigenvalue weighted by molar-refractivity contribution is 0.661. The molecule has 1 aromatic rings. The van der Waals surface area contributed by atoms with E-state index in [1.165, 1.54) is 17.7 Å². The highest BCUT2D eigenvalue weighted by atomic mass is 32.2. The van der Waals surface area contributed by atoms with Crippen LogP contribution in [0.5, 0.6) is 0 Å². The van der Waals surface area contributed by atoms with Crippen LogP contribution in [0, 0.1) is 0 Å². The van der Waals surface area contributed by atoms with Gasteiger partial charge in [-0.2, -0.15) is 0 Å². The van der Waals surface area contributed by atoms with Gasteiger partial charge in [0.05, 0.1) is 0 Å². The normalized spacial score (nSPS) is 10.8. The minimum absolute atomic E-state index is 0.916. The van der Waals surface area contributed by atoms with E-state index in [1.807, 2.05) is 12.1 Å². The zero-order valence-electron chi connectivity index (χ0n) is 10.3. The molecule has 0 saturated carbocycles. The van der Waals surface area contributed by atoms with Gasteiger partial charge >= 0.3 is 0 Å². The fourth-order valence-corrected chi connectivity index (χ4v) is 2.11. The number of thioether (sulfide) groups is 1. The molecule has 0 heterocycles. The Morgan fingerprint density at radius 1 is 1.18 bits per heavy atom. The summed E-state index contributed by atoms with van der Waals surface area (Å²) in [6, 6.07) is 10.5. The first-order valence-electron chi connectivity index (χ1n) is 6.12. The Morgan fingerprint density at radius 3 is 2.76 bits per heavy atom. The van der Waals surface area contributed by atoms with Gasteiger partial charge in [0.15, 0.2) is 0 Å². The highest BCUT2D eigenvalue weighted by molar-refractivity contribution is 8.02. The van der Waals surface area contributed by atoms with Crippen molar-refractivity contribution in [1.82, 2.24) is 5.32 Å². The third kappa shape index (κ3) is 7.83. The number of allylic oxidation sites excluding steroid dienone is 1. The molecule has 0 aromatic heterocycles. The number of rotatable bonds is 9. The van der Waals surface area contributed by atoms with E-state index in [-0.39, 0.29) is 0 Å². The number of hydrogen-bond acceptors (Lipinski definition) is 2. The molecule has 1 nitrogen and oxygen atoms in total. The van der Waals surface area contributed by atoms with Crippen molar-refractivity contribution in [3.05, 3.63) is 54.5 Å². The van der Waals surface area contributed by atoms with E-state index in [4.69, 9.17) is 0 Å². The van der Waals surface area contributed by atoms with Crippen LogP contribution >= 0.6 is 11.8 Å². The molecule has 17 heavy (non-hydrogen) atoms. The second kappa shape index (κ2) is 10.2. The molecule has 0 bridgehead atoms. The quantitative estimate of drug-likeness (QED) is 0.398. The summed E-state index contributed by atoms with van der Waals surface area (Å²) in [5, 5.41) is 5.49. The first-order valence-corrected chi connectivity index (χ1v) is 7.00. The first kappa shape index (κ1) is 14.1. The predicted octanol–water partition coefficient (Wildman–Crippen LogP) is 4.24. The maximum atomic E-state index is 3.67. The molecule has 1 N–H and O–H groups in total. The van der Waals surface area contributed by atoms with E-state index in [0.29, 0.717) is 0 Å². The molecule has 0 aliphatic heterocycles. The molecule has 2 heteroatoms. The van der Waals surface area contributed by atoms with Crippen LogP contribution < -0.4 is 5.32 Å². The van der Waals surface area contributed by atoms with Gasteiger partial charge in [0.2, 0.25) is 0 Å². The van der Waals surface area contributed by atoms with E-state index < -0.39 is 0 Å². The van der Waals surface area contributed by atoms with Crippen LogP contribution in [0.4, 0.5) is 0 Å². The van der Waals surface area contributed by atoms with Crippen molar-refractivity contribution in [1.29, 1.82) is 0 Å². The van der Waals surface area contributed by atoms with E-state index in [1.54, 1.807) is 11.8 Å².